The summed E-state index contributed by atoms with van der Waals surface area (Å²) in [7, 11) is 1.61. The van der Waals surface area contributed by atoms with Gasteiger partial charge in [0.1, 0.15) is 22.1 Å². The lowest BCUT2D eigenvalue weighted by Gasteiger charge is -2.17. The van der Waals surface area contributed by atoms with Crippen LogP contribution in [0, 0.1) is 18.3 Å². The van der Waals surface area contributed by atoms with Gasteiger partial charge >= 0.3 is 5.69 Å². The Labute approximate surface area is 234 Å². The minimum atomic E-state index is -0.494. The molecule has 40 heavy (non-hydrogen) atoms. The molecule has 4 aromatic rings. The van der Waals surface area contributed by atoms with E-state index in [0.717, 1.165) is 28.7 Å². The maximum atomic E-state index is 13.6. The highest BCUT2D eigenvalue weighted by Crippen LogP contribution is 2.30. The molecule has 12 nitrogen and oxygen atoms in total. The zero-order chi connectivity index (χ0) is 28.6. The van der Waals surface area contributed by atoms with E-state index in [9.17, 15) is 14.4 Å². The van der Waals surface area contributed by atoms with E-state index in [4.69, 9.17) is 15.1 Å². The van der Waals surface area contributed by atoms with E-state index in [1.54, 1.807) is 35.0 Å². The smallest absolute Gasteiger partial charge is 0.332 e. The van der Waals surface area contributed by atoms with E-state index < -0.39 is 11.2 Å². The number of aliphatic hydroxyl groups excluding tert-OH is 1. The number of aliphatic hydroxyl groups is 1. The maximum absolute atomic E-state index is 13.6. The fourth-order valence-electron chi connectivity index (χ4n) is 4.62. The zero-order valence-electron chi connectivity index (χ0n) is 22.4. The normalized spacial score (nSPS) is 12.7. The first-order valence-electron chi connectivity index (χ1n) is 12.9. The fraction of sp³-hybridized carbons (Fsp3) is 0.407. The topological polar surface area (TPSA) is 148 Å². The summed E-state index contributed by atoms with van der Waals surface area (Å²) in [4.78, 5) is 43.8. The number of rotatable bonds is 8. The molecule has 210 valence electrons. The molecule has 5 rings (SSSR count). The van der Waals surface area contributed by atoms with Gasteiger partial charge in [0.05, 0.1) is 44.0 Å². The van der Waals surface area contributed by atoms with Crippen molar-refractivity contribution in [1.29, 1.82) is 5.26 Å². The molecule has 1 N–H and O–H groups in total. The molecule has 1 aliphatic heterocycles. The number of nitriles is 1. The van der Waals surface area contributed by atoms with Crippen molar-refractivity contribution in [3.63, 3.8) is 0 Å². The summed E-state index contributed by atoms with van der Waals surface area (Å²) in [5, 5.41) is 25.0. The first-order valence-corrected chi connectivity index (χ1v) is 13.7. The van der Waals surface area contributed by atoms with Crippen LogP contribution in [0.3, 0.4) is 0 Å². The Bertz CT molecular complexity index is 1630. The van der Waals surface area contributed by atoms with Crippen LogP contribution in [-0.4, -0.2) is 66.8 Å². The summed E-state index contributed by atoms with van der Waals surface area (Å²) in [6.07, 6.45) is 5.76. The molecule has 0 atom stereocenters. The minimum Gasteiger partial charge on any atom is -0.496 e. The highest BCUT2D eigenvalue weighted by molar-refractivity contribution is 7.21. The summed E-state index contributed by atoms with van der Waals surface area (Å²) < 4.78 is 8.13. The van der Waals surface area contributed by atoms with Crippen LogP contribution in [0.2, 0.25) is 0 Å². The van der Waals surface area contributed by atoms with Crippen molar-refractivity contribution in [2.45, 2.75) is 45.7 Å². The third-order valence-electron chi connectivity index (χ3n) is 6.64. The molecule has 0 radical (unpaired) electrons. The van der Waals surface area contributed by atoms with Crippen LogP contribution in [0.15, 0.2) is 46.2 Å². The Morgan fingerprint density at radius 2 is 1.85 bits per heavy atom. The molecule has 0 unspecified atom stereocenters. The second-order valence-corrected chi connectivity index (χ2v) is 10.1. The van der Waals surface area contributed by atoms with Gasteiger partial charge in [-0.1, -0.05) is 29.5 Å². The molecule has 1 aliphatic rings. The summed E-state index contributed by atoms with van der Waals surface area (Å²) in [5.41, 5.74) is 0.673. The van der Waals surface area contributed by atoms with Gasteiger partial charge < -0.3 is 14.7 Å². The Morgan fingerprint density at radius 3 is 2.48 bits per heavy atom. The van der Waals surface area contributed by atoms with Crippen LogP contribution < -0.4 is 16.0 Å². The van der Waals surface area contributed by atoms with Gasteiger partial charge in [-0.3, -0.25) is 18.7 Å². The van der Waals surface area contributed by atoms with Crippen molar-refractivity contribution in [3.05, 3.63) is 68.6 Å². The highest BCUT2D eigenvalue weighted by Gasteiger charge is 2.25. The number of likely N-dealkylation sites (tertiary alicyclic amines) is 1. The van der Waals surface area contributed by atoms with Gasteiger partial charge in [-0.2, -0.15) is 15.5 Å². The number of aryl methyl sites for hydroxylation is 3. The van der Waals surface area contributed by atoms with Crippen LogP contribution in [0.5, 0.6) is 5.75 Å². The second kappa shape index (κ2) is 13.2. The molecule has 1 amide bonds. The van der Waals surface area contributed by atoms with E-state index in [1.807, 2.05) is 31.2 Å². The number of carbonyl (C=O) groups excluding carboxylic acids is 1. The predicted molar refractivity (Wildman–Crippen MR) is 150 cm³/mol. The molecule has 1 aromatic carbocycles. The van der Waals surface area contributed by atoms with E-state index in [0.29, 0.717) is 46.8 Å². The Kier molecular flexibility index (Phi) is 9.47. The number of hydrogen-bond donors (Lipinski definition) is 1. The minimum absolute atomic E-state index is 0.0174. The average molecular weight is 566 g/mol. The van der Waals surface area contributed by atoms with Gasteiger partial charge in [0.2, 0.25) is 5.91 Å². The highest BCUT2D eigenvalue weighted by atomic mass is 32.1. The van der Waals surface area contributed by atoms with E-state index in [1.165, 1.54) is 16.1 Å². The molecular weight excluding hydrogens is 534 g/mol. The fourth-order valence-corrected chi connectivity index (χ4v) is 5.86. The largest absolute Gasteiger partial charge is 0.496 e. The van der Waals surface area contributed by atoms with Gasteiger partial charge in [-0.25, -0.2) is 4.79 Å². The molecule has 0 saturated carbocycles. The number of carbonyl (C=O) groups is 1. The van der Waals surface area contributed by atoms with Gasteiger partial charge in [0, 0.05) is 25.2 Å². The number of benzene rings is 1. The summed E-state index contributed by atoms with van der Waals surface area (Å²) in [6, 6.07) is 9.40. The van der Waals surface area contributed by atoms with Crippen molar-refractivity contribution < 1.29 is 14.6 Å². The average Bonchev–Trinajstić information content (AvgIpc) is 3.74. The Morgan fingerprint density at radius 1 is 1.15 bits per heavy atom. The van der Waals surface area contributed by atoms with Gasteiger partial charge in [-0.05, 0) is 37.8 Å². The lowest BCUT2D eigenvalue weighted by Crippen LogP contribution is -2.44. The monoisotopic (exact) mass is 565 g/mol. The number of hydrogen-bond acceptors (Lipinski definition) is 9. The number of methoxy groups -OCH3 is 1. The third kappa shape index (κ3) is 5.98. The van der Waals surface area contributed by atoms with Crippen LogP contribution >= 0.6 is 11.3 Å². The number of fused-ring (bicyclic) bond motifs is 1. The first kappa shape index (κ1) is 28.7. The van der Waals surface area contributed by atoms with E-state index >= 15 is 0 Å². The second-order valence-electron chi connectivity index (χ2n) is 9.14. The van der Waals surface area contributed by atoms with Crippen LogP contribution in [0.4, 0.5) is 0 Å². The van der Waals surface area contributed by atoms with Crippen LogP contribution in [0.1, 0.15) is 30.4 Å². The molecule has 0 aliphatic carbocycles. The van der Waals surface area contributed by atoms with Crippen LogP contribution in [0.25, 0.3) is 15.2 Å². The van der Waals surface area contributed by atoms with E-state index in [-0.39, 0.29) is 25.5 Å². The molecular formula is C27H31N7O5S. The summed E-state index contributed by atoms with van der Waals surface area (Å²) >= 11 is 1.30. The molecule has 1 fully saturated rings. The Hall–Kier alpha value is -4.28. The van der Waals surface area contributed by atoms with Crippen molar-refractivity contribution in [3.8, 4) is 16.8 Å². The lowest BCUT2D eigenvalue weighted by atomic mass is 10.1. The lowest BCUT2D eigenvalue weighted by molar-refractivity contribution is -0.130. The van der Waals surface area contributed by atoms with Crippen molar-refractivity contribution in [2.75, 3.05) is 26.8 Å². The molecule has 1 saturated heterocycles. The van der Waals surface area contributed by atoms with Crippen molar-refractivity contribution in [1.82, 2.24) is 29.0 Å². The molecule has 13 heteroatoms. The van der Waals surface area contributed by atoms with Crippen molar-refractivity contribution in [2.24, 2.45) is 0 Å². The predicted octanol–water partition coefficient (Wildman–Crippen LogP) is 1.88. The third-order valence-corrected chi connectivity index (χ3v) is 7.92. The molecule has 0 spiro atoms. The number of amides is 1. The molecule has 0 bridgehead atoms. The first-order chi connectivity index (χ1) is 19.4. The van der Waals surface area contributed by atoms with Gasteiger partial charge in [-0.15, -0.1) is 4.80 Å². The molecule has 4 heterocycles. The number of thiophene rings is 1. The van der Waals surface area contributed by atoms with Gasteiger partial charge in [0.25, 0.3) is 5.56 Å². The maximum Gasteiger partial charge on any atom is 0.332 e. The quantitative estimate of drug-likeness (QED) is 0.341. The van der Waals surface area contributed by atoms with Crippen LogP contribution in [-0.2, 0) is 24.3 Å². The summed E-state index contributed by atoms with van der Waals surface area (Å²) in [6.45, 7) is 3.17. The Balaban J connectivity index is 0.000000681. The molecule has 3 aromatic heterocycles. The number of nitrogens with zero attached hydrogens (tertiary/aromatic N) is 7. The SMILES string of the molecule is COc1ccccc1CCn1c(=O)n(CC(=O)N2CCCC2)c(=O)c2c(C)c(-n3nccn3)sc21.N#CCCO. The number of para-hydroxylation sites is 1. The number of aromatic nitrogens is 5. The van der Waals surface area contributed by atoms with Gasteiger partial charge in [0.15, 0.2) is 0 Å². The van der Waals surface area contributed by atoms with Crippen molar-refractivity contribution >= 4 is 27.5 Å². The standard InChI is InChI=1S/C24H26N6O4S.C3H5NO/c1-16-20-21(32)29(15-19(31)27-12-5-6-13-27)24(33)28(14-9-17-7-3-4-8-18(17)34-2)23(20)35-22(16)30-25-10-11-26-30;4-2-1-3-5/h3-4,7-8,10-11H,5-6,9,12-15H2,1-2H3;5H,1,3H2. The number of ether oxygens (including phenoxy) is 1. The summed E-state index contributed by atoms with van der Waals surface area (Å²) in [5.74, 6) is 0.525. The van der Waals surface area contributed by atoms with E-state index in [2.05, 4.69) is 10.2 Å². The zero-order valence-corrected chi connectivity index (χ0v) is 23.3.